The van der Waals surface area contributed by atoms with Crippen molar-refractivity contribution in [2.75, 3.05) is 18.0 Å². The molecule has 1 nitrogen and oxygen atoms in total. The van der Waals surface area contributed by atoms with Crippen LogP contribution in [0.2, 0.25) is 0 Å². The summed E-state index contributed by atoms with van der Waals surface area (Å²) in [6, 6.07) is 8.98. The highest BCUT2D eigenvalue weighted by molar-refractivity contribution is 5.85. The Kier molecular flexibility index (Phi) is 15.4. The second-order valence-corrected chi connectivity index (χ2v) is 6.73. The van der Waals surface area contributed by atoms with Crippen molar-refractivity contribution in [1.29, 1.82) is 0 Å². The lowest BCUT2D eigenvalue weighted by Gasteiger charge is -2.24. The third-order valence-electron chi connectivity index (χ3n) is 4.90. The fourth-order valence-corrected chi connectivity index (χ4v) is 3.40. The van der Waals surface area contributed by atoms with Crippen LogP contribution in [-0.2, 0) is 6.42 Å². The minimum Gasteiger partial charge on any atom is -0.372 e. The molecule has 0 atom stereocenters. The molecule has 140 valence electrons. The van der Waals surface area contributed by atoms with E-state index in [9.17, 15) is 0 Å². The molecule has 24 heavy (non-hydrogen) atoms. The number of rotatable bonds is 14. The minimum atomic E-state index is 0. The predicted molar refractivity (Wildman–Crippen MR) is 113 cm³/mol. The van der Waals surface area contributed by atoms with Crippen LogP contribution in [0.25, 0.3) is 0 Å². The van der Waals surface area contributed by atoms with Crippen molar-refractivity contribution in [3.8, 4) is 0 Å². The smallest absolute Gasteiger partial charge is 0.0398 e. The van der Waals surface area contributed by atoms with Crippen molar-refractivity contribution in [1.82, 2.24) is 0 Å². The lowest BCUT2D eigenvalue weighted by molar-refractivity contribution is 0.556. The van der Waals surface area contributed by atoms with Crippen molar-refractivity contribution in [3.63, 3.8) is 0 Å². The van der Waals surface area contributed by atoms with Crippen LogP contribution >= 0.6 is 12.4 Å². The molecule has 0 aliphatic rings. The maximum absolute atomic E-state index is 2.48. The van der Waals surface area contributed by atoms with Crippen LogP contribution in [0.15, 0.2) is 24.3 Å². The number of para-hydroxylation sites is 1. The SMILES string of the molecule is CCCCCCCCCCCCc1ccccc1N(CC)CC.Cl. The highest BCUT2D eigenvalue weighted by Gasteiger charge is 2.07. The van der Waals surface area contributed by atoms with Gasteiger partial charge in [0.25, 0.3) is 0 Å². The molecule has 0 aliphatic heterocycles. The topological polar surface area (TPSA) is 3.24 Å². The number of unbranched alkanes of at least 4 members (excludes halogenated alkanes) is 9. The summed E-state index contributed by atoms with van der Waals surface area (Å²) in [5.74, 6) is 0. The number of anilines is 1. The first-order valence-corrected chi connectivity index (χ1v) is 10.2. The van der Waals surface area contributed by atoms with Gasteiger partial charge in [-0.05, 0) is 38.3 Å². The fourth-order valence-electron chi connectivity index (χ4n) is 3.40. The van der Waals surface area contributed by atoms with Crippen LogP contribution in [0.5, 0.6) is 0 Å². The van der Waals surface area contributed by atoms with Crippen LogP contribution in [0.4, 0.5) is 5.69 Å². The van der Waals surface area contributed by atoms with Gasteiger partial charge >= 0.3 is 0 Å². The van der Waals surface area contributed by atoms with Gasteiger partial charge in [-0.15, -0.1) is 12.4 Å². The van der Waals surface area contributed by atoms with Gasteiger partial charge in [0.1, 0.15) is 0 Å². The largest absolute Gasteiger partial charge is 0.372 e. The summed E-state index contributed by atoms with van der Waals surface area (Å²) in [7, 11) is 0. The Hall–Kier alpha value is -0.690. The van der Waals surface area contributed by atoms with E-state index in [4.69, 9.17) is 0 Å². The number of halogens is 1. The summed E-state index contributed by atoms with van der Waals surface area (Å²) in [6.07, 6.45) is 15.4. The number of aryl methyl sites for hydroxylation is 1. The van der Waals surface area contributed by atoms with Gasteiger partial charge in [-0.1, -0.05) is 82.9 Å². The summed E-state index contributed by atoms with van der Waals surface area (Å²) in [5.41, 5.74) is 2.99. The summed E-state index contributed by atoms with van der Waals surface area (Å²) >= 11 is 0. The van der Waals surface area contributed by atoms with Gasteiger partial charge in [0, 0.05) is 18.8 Å². The van der Waals surface area contributed by atoms with E-state index in [-0.39, 0.29) is 12.4 Å². The van der Waals surface area contributed by atoms with E-state index >= 15 is 0 Å². The number of hydrogen-bond acceptors (Lipinski definition) is 1. The lowest BCUT2D eigenvalue weighted by Crippen LogP contribution is -2.23. The molecule has 0 fully saturated rings. The highest BCUT2D eigenvalue weighted by atomic mass is 35.5. The van der Waals surface area contributed by atoms with E-state index in [1.165, 1.54) is 81.9 Å². The predicted octanol–water partition coefficient (Wildman–Crippen LogP) is 7.42. The van der Waals surface area contributed by atoms with Gasteiger partial charge in [-0.3, -0.25) is 0 Å². The van der Waals surface area contributed by atoms with E-state index in [0.29, 0.717) is 0 Å². The third kappa shape index (κ3) is 9.57. The molecule has 0 N–H and O–H groups in total. The second-order valence-electron chi connectivity index (χ2n) is 6.73. The van der Waals surface area contributed by atoms with Crippen LogP contribution in [0.1, 0.15) is 90.5 Å². The van der Waals surface area contributed by atoms with E-state index in [1.807, 2.05) is 0 Å². The van der Waals surface area contributed by atoms with Crippen molar-refractivity contribution in [3.05, 3.63) is 29.8 Å². The van der Waals surface area contributed by atoms with Gasteiger partial charge in [-0.25, -0.2) is 0 Å². The second kappa shape index (κ2) is 15.8. The first-order chi connectivity index (χ1) is 11.3. The molecule has 0 aliphatic carbocycles. The fraction of sp³-hybridized carbons (Fsp3) is 0.727. The molecule has 0 saturated carbocycles. The Morgan fingerprint density at radius 3 is 1.71 bits per heavy atom. The zero-order valence-corrected chi connectivity index (χ0v) is 17.2. The molecule has 0 radical (unpaired) electrons. The number of hydrogen-bond donors (Lipinski definition) is 0. The maximum Gasteiger partial charge on any atom is 0.0398 e. The summed E-state index contributed by atoms with van der Waals surface area (Å²) < 4.78 is 0. The first kappa shape index (κ1) is 23.3. The Balaban J connectivity index is 0.00000529. The van der Waals surface area contributed by atoms with Gasteiger partial charge < -0.3 is 4.90 Å². The molecular weight excluding hydrogens is 314 g/mol. The molecule has 0 spiro atoms. The van der Waals surface area contributed by atoms with E-state index < -0.39 is 0 Å². The zero-order chi connectivity index (χ0) is 16.8. The van der Waals surface area contributed by atoms with Gasteiger partial charge in [0.05, 0.1) is 0 Å². The van der Waals surface area contributed by atoms with Crippen LogP contribution in [0, 0.1) is 0 Å². The number of nitrogens with zero attached hydrogens (tertiary/aromatic N) is 1. The molecule has 2 heteroatoms. The number of benzene rings is 1. The van der Waals surface area contributed by atoms with Gasteiger partial charge in [0.2, 0.25) is 0 Å². The monoisotopic (exact) mass is 353 g/mol. The normalized spacial score (nSPS) is 10.5. The minimum absolute atomic E-state index is 0. The molecule has 1 aromatic carbocycles. The van der Waals surface area contributed by atoms with Crippen molar-refractivity contribution >= 4 is 18.1 Å². The van der Waals surface area contributed by atoms with Crippen molar-refractivity contribution in [2.24, 2.45) is 0 Å². The Bertz CT molecular complexity index is 387. The molecular formula is C22H40ClN. The van der Waals surface area contributed by atoms with Gasteiger partial charge in [0.15, 0.2) is 0 Å². The van der Waals surface area contributed by atoms with Crippen LogP contribution < -0.4 is 4.90 Å². The summed E-state index contributed by atoms with van der Waals surface area (Å²) in [4.78, 5) is 2.48. The van der Waals surface area contributed by atoms with Crippen LogP contribution in [-0.4, -0.2) is 13.1 Å². The standard InChI is InChI=1S/C22H39N.ClH/c1-4-7-8-9-10-11-12-13-14-15-18-21-19-16-17-20-22(21)23(5-2)6-3;/h16-17,19-20H,4-15,18H2,1-3H3;1H. The van der Waals surface area contributed by atoms with E-state index in [2.05, 4.69) is 49.9 Å². The molecule has 0 saturated heterocycles. The van der Waals surface area contributed by atoms with Gasteiger partial charge in [-0.2, -0.15) is 0 Å². The quantitative estimate of drug-likeness (QED) is 0.314. The molecule has 0 aromatic heterocycles. The molecule has 0 unspecified atom stereocenters. The first-order valence-electron chi connectivity index (χ1n) is 10.2. The molecule has 0 amide bonds. The summed E-state index contributed by atoms with van der Waals surface area (Å²) in [5, 5.41) is 0. The van der Waals surface area contributed by atoms with E-state index in [0.717, 1.165) is 13.1 Å². The zero-order valence-electron chi connectivity index (χ0n) is 16.4. The average molecular weight is 354 g/mol. The van der Waals surface area contributed by atoms with Crippen LogP contribution in [0.3, 0.4) is 0 Å². The van der Waals surface area contributed by atoms with E-state index in [1.54, 1.807) is 0 Å². The van der Waals surface area contributed by atoms with Crippen molar-refractivity contribution < 1.29 is 0 Å². The van der Waals surface area contributed by atoms with Crippen molar-refractivity contribution in [2.45, 2.75) is 91.4 Å². The molecule has 0 heterocycles. The Morgan fingerprint density at radius 1 is 0.667 bits per heavy atom. The maximum atomic E-state index is 2.48. The average Bonchev–Trinajstić information content (AvgIpc) is 2.59. The Morgan fingerprint density at radius 2 is 1.17 bits per heavy atom. The third-order valence-corrected chi connectivity index (χ3v) is 4.90. The highest BCUT2D eigenvalue weighted by Crippen LogP contribution is 2.22. The molecule has 1 rings (SSSR count). The molecule has 0 bridgehead atoms. The molecule has 1 aromatic rings. The Labute approximate surface area is 157 Å². The summed E-state index contributed by atoms with van der Waals surface area (Å²) in [6.45, 7) is 9.00. The lowest BCUT2D eigenvalue weighted by atomic mass is 10.0.